The summed E-state index contributed by atoms with van der Waals surface area (Å²) in [6, 6.07) is 23.1. The molecule has 40 heavy (non-hydrogen) atoms. The lowest BCUT2D eigenvalue weighted by molar-refractivity contribution is -0.129. The van der Waals surface area contributed by atoms with Crippen molar-refractivity contribution in [3.05, 3.63) is 112 Å². The lowest BCUT2D eigenvalue weighted by atomic mass is 9.78. The minimum atomic E-state index is -1.10. The van der Waals surface area contributed by atoms with Gasteiger partial charge in [0.05, 0.1) is 30.8 Å². The average molecular weight is 574 g/mol. The van der Waals surface area contributed by atoms with E-state index in [1.165, 1.54) is 0 Å². The number of pyridine rings is 1. The molecular formula is C32H30Cl2N4O2. The van der Waals surface area contributed by atoms with Crippen molar-refractivity contribution in [3.63, 3.8) is 0 Å². The highest BCUT2D eigenvalue weighted by Crippen LogP contribution is 2.41. The fourth-order valence-corrected chi connectivity index (χ4v) is 5.20. The molecule has 0 fully saturated rings. The second-order valence-electron chi connectivity index (χ2n) is 10.8. The minimum absolute atomic E-state index is 0.119. The van der Waals surface area contributed by atoms with Gasteiger partial charge in [-0.05, 0) is 58.7 Å². The molecule has 3 aromatic carbocycles. The Kier molecular flexibility index (Phi) is 7.34. The molecule has 0 aliphatic rings. The van der Waals surface area contributed by atoms with Crippen LogP contribution in [-0.4, -0.2) is 27.6 Å². The van der Waals surface area contributed by atoms with E-state index in [0.29, 0.717) is 15.9 Å². The number of nitrogens with zero attached hydrogens (tertiary/aromatic N) is 3. The molecule has 5 rings (SSSR count). The van der Waals surface area contributed by atoms with Gasteiger partial charge in [0.1, 0.15) is 5.54 Å². The van der Waals surface area contributed by atoms with Gasteiger partial charge in [0.2, 0.25) is 11.8 Å². The Morgan fingerprint density at radius 1 is 0.925 bits per heavy atom. The number of hydrogen-bond acceptors (Lipinski definition) is 4. The van der Waals surface area contributed by atoms with Crippen molar-refractivity contribution in [1.29, 1.82) is 0 Å². The molecule has 2 heterocycles. The van der Waals surface area contributed by atoms with Gasteiger partial charge in [-0.2, -0.15) is 0 Å². The van der Waals surface area contributed by atoms with Gasteiger partial charge in [-0.3, -0.25) is 4.79 Å². The average Bonchev–Trinajstić information content (AvgIpc) is 3.36. The monoisotopic (exact) mass is 572 g/mol. The first kappa shape index (κ1) is 27.7. The van der Waals surface area contributed by atoms with Crippen molar-refractivity contribution < 1.29 is 9.53 Å². The molecule has 6 nitrogen and oxygen atoms in total. The number of hydrogen-bond donors (Lipinski definition) is 1. The molecule has 5 aromatic rings. The van der Waals surface area contributed by atoms with E-state index in [2.05, 4.69) is 16.4 Å². The summed E-state index contributed by atoms with van der Waals surface area (Å²) in [5.74, 6) is 0.374. The SMILES string of the molecule is COc1cc(-c2cccc(Cl)c2)c2cc(C(NC(=O)C(C)(C)C)(c3ccc(Cl)cc3)c3cncn3C)ccc2n1. The fraction of sp³-hybridized carbons (Fsp3) is 0.219. The van der Waals surface area contributed by atoms with Gasteiger partial charge in [-0.25, -0.2) is 9.97 Å². The quantitative estimate of drug-likeness (QED) is 0.230. The highest BCUT2D eigenvalue weighted by Gasteiger charge is 2.42. The Morgan fingerprint density at radius 2 is 1.65 bits per heavy atom. The number of benzene rings is 3. The predicted molar refractivity (Wildman–Crippen MR) is 161 cm³/mol. The number of nitrogens with one attached hydrogen (secondary N) is 1. The summed E-state index contributed by atoms with van der Waals surface area (Å²) in [6.45, 7) is 5.68. The van der Waals surface area contributed by atoms with E-state index in [0.717, 1.165) is 38.9 Å². The lowest BCUT2D eigenvalue weighted by Crippen LogP contribution is -2.52. The number of carbonyl (C=O) groups excluding carboxylic acids is 1. The zero-order chi connectivity index (χ0) is 28.7. The first-order chi connectivity index (χ1) is 19.0. The van der Waals surface area contributed by atoms with Gasteiger partial charge in [-0.15, -0.1) is 0 Å². The molecule has 204 valence electrons. The maximum absolute atomic E-state index is 13.8. The smallest absolute Gasteiger partial charge is 0.226 e. The van der Waals surface area contributed by atoms with Crippen LogP contribution in [0.15, 0.2) is 85.3 Å². The van der Waals surface area contributed by atoms with Crippen LogP contribution in [0.2, 0.25) is 10.0 Å². The molecule has 1 amide bonds. The molecule has 2 aromatic heterocycles. The summed E-state index contributed by atoms with van der Waals surface area (Å²) in [4.78, 5) is 22.9. The summed E-state index contributed by atoms with van der Waals surface area (Å²) in [6.07, 6.45) is 3.51. The number of carbonyl (C=O) groups is 1. The maximum Gasteiger partial charge on any atom is 0.226 e. The minimum Gasteiger partial charge on any atom is -0.481 e. The Hall–Kier alpha value is -3.87. The summed E-state index contributed by atoms with van der Waals surface area (Å²) in [5, 5.41) is 5.52. The van der Waals surface area contributed by atoms with Crippen molar-refractivity contribution in [2.75, 3.05) is 7.11 Å². The number of aromatic nitrogens is 3. The Labute approximate surface area is 243 Å². The highest BCUT2D eigenvalue weighted by atomic mass is 35.5. The summed E-state index contributed by atoms with van der Waals surface area (Å²) < 4.78 is 7.45. The molecule has 1 unspecified atom stereocenters. The van der Waals surface area contributed by atoms with Crippen LogP contribution in [0, 0.1) is 5.41 Å². The third-order valence-corrected chi connectivity index (χ3v) is 7.51. The second kappa shape index (κ2) is 10.6. The molecule has 0 aliphatic heterocycles. The highest BCUT2D eigenvalue weighted by molar-refractivity contribution is 6.31. The molecule has 0 bridgehead atoms. The predicted octanol–water partition coefficient (Wildman–Crippen LogP) is 7.40. The largest absolute Gasteiger partial charge is 0.481 e. The number of amides is 1. The molecule has 0 spiro atoms. The Bertz CT molecular complexity index is 1710. The van der Waals surface area contributed by atoms with E-state index in [4.69, 9.17) is 32.9 Å². The van der Waals surface area contributed by atoms with Crippen molar-refractivity contribution in [3.8, 4) is 17.0 Å². The molecule has 0 saturated heterocycles. The van der Waals surface area contributed by atoms with Gasteiger partial charge < -0.3 is 14.6 Å². The van der Waals surface area contributed by atoms with Crippen molar-refractivity contribution in [2.45, 2.75) is 26.3 Å². The van der Waals surface area contributed by atoms with E-state index in [1.807, 2.05) is 99.1 Å². The van der Waals surface area contributed by atoms with Crippen molar-refractivity contribution in [2.24, 2.45) is 12.5 Å². The number of fused-ring (bicyclic) bond motifs is 1. The molecule has 8 heteroatoms. The normalized spacial score (nSPS) is 13.2. The van der Waals surface area contributed by atoms with E-state index in [1.54, 1.807) is 19.6 Å². The number of halogens is 2. The fourth-order valence-electron chi connectivity index (χ4n) is 4.88. The zero-order valence-electron chi connectivity index (χ0n) is 23.0. The standard InChI is InChI=1S/C32H30Cl2N4O2/c1-31(2,3)30(39)37-32(28-18-35-19-38(28)4,21-9-12-23(33)13-10-21)22-11-14-27-26(16-22)25(17-29(36-27)40-5)20-7-6-8-24(34)15-20/h6-19H,1-5H3,(H,37,39). The second-order valence-corrected chi connectivity index (χ2v) is 11.7. The van der Waals surface area contributed by atoms with Crippen LogP contribution in [0.5, 0.6) is 5.88 Å². The topological polar surface area (TPSA) is 69.0 Å². The first-order valence-corrected chi connectivity index (χ1v) is 13.6. The van der Waals surface area contributed by atoms with Gasteiger partial charge in [0.25, 0.3) is 0 Å². The first-order valence-electron chi connectivity index (χ1n) is 12.8. The van der Waals surface area contributed by atoms with Crippen molar-refractivity contribution in [1.82, 2.24) is 19.9 Å². The van der Waals surface area contributed by atoms with Crippen LogP contribution < -0.4 is 10.1 Å². The van der Waals surface area contributed by atoms with Gasteiger partial charge in [0, 0.05) is 34.0 Å². The van der Waals surface area contributed by atoms with Crippen LogP contribution in [0.3, 0.4) is 0 Å². The summed E-state index contributed by atoms with van der Waals surface area (Å²) >= 11 is 12.7. The van der Waals surface area contributed by atoms with Crippen molar-refractivity contribution >= 4 is 40.0 Å². The Morgan fingerprint density at radius 3 is 2.27 bits per heavy atom. The molecule has 0 aliphatic carbocycles. The van der Waals surface area contributed by atoms with Crippen LogP contribution in [0.4, 0.5) is 0 Å². The third-order valence-electron chi connectivity index (χ3n) is 7.02. The van der Waals surface area contributed by atoms with Crippen LogP contribution >= 0.6 is 23.2 Å². The molecule has 1 N–H and O–H groups in total. The summed E-state index contributed by atoms with van der Waals surface area (Å²) in [5.41, 5.74) is 3.28. The summed E-state index contributed by atoms with van der Waals surface area (Å²) in [7, 11) is 3.52. The van der Waals surface area contributed by atoms with E-state index < -0.39 is 11.0 Å². The number of ether oxygens (including phenoxy) is 1. The van der Waals surface area contributed by atoms with Gasteiger partial charge >= 0.3 is 0 Å². The third kappa shape index (κ3) is 5.05. The maximum atomic E-state index is 13.8. The van der Waals surface area contributed by atoms with E-state index in [-0.39, 0.29) is 5.91 Å². The van der Waals surface area contributed by atoms with E-state index in [9.17, 15) is 4.79 Å². The molecule has 0 saturated carbocycles. The molecule has 0 radical (unpaired) electrons. The van der Waals surface area contributed by atoms with Crippen LogP contribution in [0.1, 0.15) is 37.6 Å². The van der Waals surface area contributed by atoms with Crippen LogP contribution in [-0.2, 0) is 17.4 Å². The number of methoxy groups -OCH3 is 1. The van der Waals surface area contributed by atoms with E-state index >= 15 is 0 Å². The zero-order valence-corrected chi connectivity index (χ0v) is 24.5. The van der Waals surface area contributed by atoms with Gasteiger partial charge in [-0.1, -0.05) is 74.3 Å². The number of imidazole rings is 1. The number of aryl methyl sites for hydroxylation is 1. The molecule has 1 atom stereocenters. The Balaban J connectivity index is 1.87. The lowest BCUT2D eigenvalue weighted by Gasteiger charge is -2.38. The van der Waals surface area contributed by atoms with Gasteiger partial charge in [0.15, 0.2) is 0 Å². The number of rotatable bonds is 6. The van der Waals surface area contributed by atoms with Crippen LogP contribution in [0.25, 0.3) is 22.0 Å². The molecular weight excluding hydrogens is 543 g/mol.